The van der Waals surface area contributed by atoms with E-state index in [9.17, 15) is 4.79 Å². The topological polar surface area (TPSA) is 66.2 Å². The van der Waals surface area contributed by atoms with Crippen LogP contribution in [0.5, 0.6) is 0 Å². The van der Waals surface area contributed by atoms with Crippen LogP contribution in [-0.4, -0.2) is 35.0 Å². The fourth-order valence-electron chi connectivity index (χ4n) is 2.50. The quantitative estimate of drug-likeness (QED) is 0.819. The van der Waals surface area contributed by atoms with Gasteiger partial charge < -0.3 is 9.64 Å². The highest BCUT2D eigenvalue weighted by molar-refractivity contribution is 5.94. The third kappa shape index (κ3) is 4.18. The molecule has 1 aromatic carbocycles. The second-order valence-electron chi connectivity index (χ2n) is 6.17. The van der Waals surface area contributed by atoms with Crippen LogP contribution in [0.2, 0.25) is 0 Å². The molecule has 1 heterocycles. The number of benzene rings is 1. The molecule has 0 fully saturated rings. The molecule has 0 N–H and O–H groups in total. The average molecular weight is 323 g/mol. The zero-order valence-corrected chi connectivity index (χ0v) is 14.2. The second kappa shape index (κ2) is 7.71. The first-order valence-corrected chi connectivity index (χ1v) is 7.69. The van der Waals surface area contributed by atoms with E-state index < -0.39 is 5.54 Å². The van der Waals surface area contributed by atoms with E-state index in [1.165, 1.54) is 6.20 Å². The SMILES string of the molecule is COCC(C)(C)N(Cc1ccccc1)C(=O)c1ccc(C#N)nc1. The van der Waals surface area contributed by atoms with E-state index in [2.05, 4.69) is 4.98 Å². The average Bonchev–Trinajstić information content (AvgIpc) is 2.60. The van der Waals surface area contributed by atoms with Crippen molar-refractivity contribution in [2.75, 3.05) is 13.7 Å². The van der Waals surface area contributed by atoms with Crippen molar-refractivity contribution in [3.63, 3.8) is 0 Å². The molecule has 0 unspecified atom stereocenters. The first-order chi connectivity index (χ1) is 11.5. The summed E-state index contributed by atoms with van der Waals surface area (Å²) in [6, 6.07) is 15.0. The minimum Gasteiger partial charge on any atom is -0.382 e. The lowest BCUT2D eigenvalue weighted by Gasteiger charge is -2.38. The van der Waals surface area contributed by atoms with Crippen molar-refractivity contribution < 1.29 is 9.53 Å². The zero-order chi connectivity index (χ0) is 17.6. The predicted octanol–water partition coefficient (Wildman–Crippen LogP) is 3.02. The van der Waals surface area contributed by atoms with E-state index in [-0.39, 0.29) is 11.6 Å². The molecule has 0 aliphatic carbocycles. The van der Waals surface area contributed by atoms with Gasteiger partial charge in [0.05, 0.1) is 17.7 Å². The van der Waals surface area contributed by atoms with Gasteiger partial charge in [0.15, 0.2) is 0 Å². The van der Waals surface area contributed by atoms with Gasteiger partial charge in [-0.15, -0.1) is 0 Å². The van der Waals surface area contributed by atoms with E-state index in [0.29, 0.717) is 18.7 Å². The Morgan fingerprint density at radius 1 is 1.25 bits per heavy atom. The number of carbonyl (C=O) groups excluding carboxylic acids is 1. The van der Waals surface area contributed by atoms with Gasteiger partial charge in [0, 0.05) is 19.9 Å². The third-order valence-electron chi connectivity index (χ3n) is 3.78. The normalized spacial score (nSPS) is 10.9. The zero-order valence-electron chi connectivity index (χ0n) is 14.2. The van der Waals surface area contributed by atoms with Crippen molar-refractivity contribution >= 4 is 5.91 Å². The van der Waals surface area contributed by atoms with E-state index in [0.717, 1.165) is 5.56 Å². The fourth-order valence-corrected chi connectivity index (χ4v) is 2.50. The van der Waals surface area contributed by atoms with Crippen molar-refractivity contribution in [3.05, 3.63) is 65.5 Å². The van der Waals surface area contributed by atoms with Crippen LogP contribution in [0.15, 0.2) is 48.7 Å². The molecule has 5 heteroatoms. The first kappa shape index (κ1) is 17.6. The Labute approximate surface area is 142 Å². The van der Waals surface area contributed by atoms with E-state index in [4.69, 9.17) is 10.00 Å². The van der Waals surface area contributed by atoms with E-state index in [1.807, 2.05) is 50.2 Å². The van der Waals surface area contributed by atoms with Crippen LogP contribution in [0.1, 0.15) is 35.5 Å². The predicted molar refractivity (Wildman–Crippen MR) is 91.2 cm³/mol. The van der Waals surface area contributed by atoms with Crippen LogP contribution in [-0.2, 0) is 11.3 Å². The Bertz CT molecular complexity index is 719. The molecule has 2 rings (SSSR count). The molecule has 0 aliphatic heterocycles. The van der Waals surface area contributed by atoms with Crippen molar-refractivity contribution in [1.82, 2.24) is 9.88 Å². The van der Waals surface area contributed by atoms with Gasteiger partial charge in [-0.3, -0.25) is 4.79 Å². The van der Waals surface area contributed by atoms with Crippen molar-refractivity contribution in [2.24, 2.45) is 0 Å². The Morgan fingerprint density at radius 3 is 2.50 bits per heavy atom. The standard InChI is InChI=1S/C19H21N3O2/c1-19(2,14-24-3)22(13-15-7-5-4-6-8-15)18(23)16-9-10-17(11-20)21-12-16/h4-10,12H,13-14H2,1-3H3. The van der Waals surface area contributed by atoms with Crippen LogP contribution < -0.4 is 0 Å². The smallest absolute Gasteiger partial charge is 0.256 e. The molecule has 1 amide bonds. The van der Waals surface area contributed by atoms with Crippen molar-refractivity contribution in [3.8, 4) is 6.07 Å². The van der Waals surface area contributed by atoms with Gasteiger partial charge in [0.25, 0.3) is 5.91 Å². The van der Waals surface area contributed by atoms with E-state index >= 15 is 0 Å². The number of hydrogen-bond acceptors (Lipinski definition) is 4. The van der Waals surface area contributed by atoms with Gasteiger partial charge in [0.2, 0.25) is 0 Å². The Kier molecular flexibility index (Phi) is 5.67. The molecule has 2 aromatic rings. The first-order valence-electron chi connectivity index (χ1n) is 7.69. The Morgan fingerprint density at radius 2 is 1.96 bits per heavy atom. The molecular weight excluding hydrogens is 302 g/mol. The van der Waals surface area contributed by atoms with Gasteiger partial charge in [-0.1, -0.05) is 30.3 Å². The Hall–Kier alpha value is -2.71. The molecule has 0 spiro atoms. The third-order valence-corrected chi connectivity index (χ3v) is 3.78. The van der Waals surface area contributed by atoms with E-state index in [1.54, 1.807) is 24.1 Å². The van der Waals surface area contributed by atoms with Crippen LogP contribution >= 0.6 is 0 Å². The molecule has 0 aliphatic rings. The van der Waals surface area contributed by atoms with Crippen LogP contribution in [0, 0.1) is 11.3 Å². The number of carbonyl (C=O) groups is 1. The molecule has 1 aromatic heterocycles. The molecule has 24 heavy (non-hydrogen) atoms. The number of nitrogens with zero attached hydrogens (tertiary/aromatic N) is 3. The number of amides is 1. The number of nitriles is 1. The highest BCUT2D eigenvalue weighted by atomic mass is 16.5. The lowest BCUT2D eigenvalue weighted by molar-refractivity contribution is 0.0230. The molecular formula is C19H21N3O2. The highest BCUT2D eigenvalue weighted by Crippen LogP contribution is 2.21. The summed E-state index contributed by atoms with van der Waals surface area (Å²) in [5.41, 5.74) is 1.29. The lowest BCUT2D eigenvalue weighted by Crippen LogP contribution is -2.50. The molecule has 0 radical (unpaired) electrons. The van der Waals surface area contributed by atoms with Crippen LogP contribution in [0.4, 0.5) is 0 Å². The van der Waals surface area contributed by atoms with Crippen molar-refractivity contribution in [2.45, 2.75) is 25.9 Å². The van der Waals surface area contributed by atoms with Gasteiger partial charge >= 0.3 is 0 Å². The minimum atomic E-state index is -0.491. The lowest BCUT2D eigenvalue weighted by atomic mass is 10.0. The fraction of sp³-hybridized carbons (Fsp3) is 0.316. The largest absolute Gasteiger partial charge is 0.382 e. The second-order valence-corrected chi connectivity index (χ2v) is 6.17. The monoisotopic (exact) mass is 323 g/mol. The maximum atomic E-state index is 13.0. The van der Waals surface area contributed by atoms with Gasteiger partial charge in [-0.25, -0.2) is 4.98 Å². The number of pyridine rings is 1. The molecule has 0 saturated carbocycles. The maximum absolute atomic E-state index is 13.0. The van der Waals surface area contributed by atoms with Crippen LogP contribution in [0.3, 0.4) is 0 Å². The summed E-state index contributed by atoms with van der Waals surface area (Å²) < 4.78 is 5.30. The summed E-state index contributed by atoms with van der Waals surface area (Å²) in [5, 5.41) is 8.85. The van der Waals surface area contributed by atoms with Crippen molar-refractivity contribution in [1.29, 1.82) is 5.26 Å². The number of ether oxygens (including phenoxy) is 1. The number of hydrogen-bond donors (Lipinski definition) is 0. The van der Waals surface area contributed by atoms with Crippen LogP contribution in [0.25, 0.3) is 0 Å². The number of aromatic nitrogens is 1. The maximum Gasteiger partial charge on any atom is 0.256 e. The molecule has 124 valence electrons. The number of rotatable bonds is 6. The summed E-state index contributed by atoms with van der Waals surface area (Å²) in [4.78, 5) is 18.8. The highest BCUT2D eigenvalue weighted by Gasteiger charge is 2.31. The summed E-state index contributed by atoms with van der Waals surface area (Å²) in [7, 11) is 1.62. The minimum absolute atomic E-state index is 0.141. The van der Waals surface area contributed by atoms with Gasteiger partial charge in [-0.2, -0.15) is 5.26 Å². The van der Waals surface area contributed by atoms with Gasteiger partial charge in [-0.05, 0) is 31.5 Å². The molecule has 5 nitrogen and oxygen atoms in total. The Balaban J connectivity index is 2.33. The number of methoxy groups -OCH3 is 1. The molecule has 0 saturated heterocycles. The summed E-state index contributed by atoms with van der Waals surface area (Å²) in [5.74, 6) is -0.141. The molecule has 0 atom stereocenters. The van der Waals surface area contributed by atoms with Gasteiger partial charge in [0.1, 0.15) is 11.8 Å². The summed E-state index contributed by atoms with van der Waals surface area (Å²) in [6.45, 7) is 4.81. The summed E-state index contributed by atoms with van der Waals surface area (Å²) in [6.07, 6.45) is 1.45. The molecule has 0 bridgehead atoms. The summed E-state index contributed by atoms with van der Waals surface area (Å²) >= 11 is 0.